The second-order valence-corrected chi connectivity index (χ2v) is 6.12. The number of rotatable bonds is 3. The number of anilines is 1. The molecule has 0 saturated heterocycles. The third kappa shape index (κ3) is 2.96. The van der Waals surface area contributed by atoms with Gasteiger partial charge in [0.05, 0.1) is 22.9 Å². The zero-order valence-electron chi connectivity index (χ0n) is 14.9. The second-order valence-electron chi connectivity index (χ2n) is 6.12. The number of hydrogen-bond donors (Lipinski definition) is 1. The molecule has 0 saturated carbocycles. The average molecular weight is 356 g/mol. The van der Waals surface area contributed by atoms with Crippen LogP contribution in [0, 0.1) is 19.3 Å². The number of fused-ring (bicyclic) bond motifs is 1. The second kappa shape index (κ2) is 6.46. The number of terminal acetylenes is 1. The van der Waals surface area contributed by atoms with Gasteiger partial charge in [-0.2, -0.15) is 5.10 Å². The van der Waals surface area contributed by atoms with Crippen LogP contribution >= 0.6 is 0 Å². The van der Waals surface area contributed by atoms with E-state index < -0.39 is 0 Å². The predicted octanol–water partition coefficient (Wildman–Crippen LogP) is 3.77. The summed E-state index contributed by atoms with van der Waals surface area (Å²) >= 11 is 0. The summed E-state index contributed by atoms with van der Waals surface area (Å²) in [6.45, 7) is 1.85. The lowest BCUT2D eigenvalue weighted by molar-refractivity contribution is 0.102. The fraction of sp³-hybridized carbons (Fsp3) is 0.0952. The van der Waals surface area contributed by atoms with E-state index in [1.54, 1.807) is 60.5 Å². The first-order valence-corrected chi connectivity index (χ1v) is 8.33. The van der Waals surface area contributed by atoms with E-state index in [2.05, 4.69) is 21.3 Å². The smallest absolute Gasteiger partial charge is 0.256 e. The van der Waals surface area contributed by atoms with Crippen LogP contribution in [0.2, 0.25) is 0 Å². The molecule has 1 N–H and O–H groups in total. The molecule has 0 spiro atoms. The average Bonchev–Trinajstić information content (AvgIpc) is 3.30. The van der Waals surface area contributed by atoms with Crippen LogP contribution < -0.4 is 5.32 Å². The van der Waals surface area contributed by atoms with Crippen molar-refractivity contribution in [3.63, 3.8) is 0 Å². The molecule has 0 aliphatic rings. The highest BCUT2D eigenvalue weighted by Crippen LogP contribution is 2.27. The summed E-state index contributed by atoms with van der Waals surface area (Å²) in [5, 5.41) is 8.02. The van der Waals surface area contributed by atoms with Gasteiger partial charge < -0.3 is 9.73 Å². The molecular weight excluding hydrogens is 340 g/mol. The summed E-state index contributed by atoms with van der Waals surface area (Å²) in [4.78, 5) is 17.7. The van der Waals surface area contributed by atoms with Crippen molar-refractivity contribution in [3.8, 4) is 23.8 Å². The van der Waals surface area contributed by atoms with Crippen LogP contribution in [0.25, 0.3) is 22.5 Å². The molecule has 0 bridgehead atoms. The fourth-order valence-corrected chi connectivity index (χ4v) is 3.06. The summed E-state index contributed by atoms with van der Waals surface area (Å²) in [5.74, 6) is 2.88. The SMILES string of the molecule is C#Cc1cccc(NC(=O)c2cc(-c3ccco3)nc3c2c(C)nn3C)c1. The third-order valence-electron chi connectivity index (χ3n) is 4.27. The summed E-state index contributed by atoms with van der Waals surface area (Å²) in [5.41, 5.74) is 3.71. The zero-order valence-corrected chi connectivity index (χ0v) is 14.9. The van der Waals surface area contributed by atoms with Crippen LogP contribution in [-0.2, 0) is 7.05 Å². The number of benzene rings is 1. The predicted molar refractivity (Wildman–Crippen MR) is 103 cm³/mol. The molecule has 4 aromatic rings. The summed E-state index contributed by atoms with van der Waals surface area (Å²) in [6, 6.07) is 12.4. The van der Waals surface area contributed by atoms with Gasteiger partial charge in [0.15, 0.2) is 11.4 Å². The van der Waals surface area contributed by atoms with E-state index in [1.807, 2.05) is 6.92 Å². The fourth-order valence-electron chi connectivity index (χ4n) is 3.06. The lowest BCUT2D eigenvalue weighted by Gasteiger charge is -2.09. The normalized spacial score (nSPS) is 10.7. The molecule has 4 rings (SSSR count). The Labute approximate surface area is 155 Å². The van der Waals surface area contributed by atoms with Crippen molar-refractivity contribution in [2.24, 2.45) is 7.05 Å². The van der Waals surface area contributed by atoms with Gasteiger partial charge in [-0.1, -0.05) is 12.0 Å². The van der Waals surface area contributed by atoms with Gasteiger partial charge in [-0.25, -0.2) is 4.98 Å². The quantitative estimate of drug-likeness (QED) is 0.567. The molecular formula is C21H16N4O2. The van der Waals surface area contributed by atoms with Gasteiger partial charge in [-0.15, -0.1) is 6.42 Å². The van der Waals surface area contributed by atoms with Gasteiger partial charge in [-0.3, -0.25) is 9.48 Å². The van der Waals surface area contributed by atoms with Crippen LogP contribution in [0.3, 0.4) is 0 Å². The number of carbonyl (C=O) groups excluding carboxylic acids is 1. The molecule has 1 aromatic carbocycles. The maximum Gasteiger partial charge on any atom is 0.256 e. The Morgan fingerprint density at radius 3 is 2.85 bits per heavy atom. The zero-order chi connectivity index (χ0) is 19.0. The number of nitrogens with zero attached hydrogens (tertiary/aromatic N) is 3. The minimum Gasteiger partial charge on any atom is -0.463 e. The van der Waals surface area contributed by atoms with E-state index in [0.29, 0.717) is 39.3 Å². The number of nitrogens with one attached hydrogen (secondary N) is 1. The molecule has 3 aromatic heterocycles. The Morgan fingerprint density at radius 2 is 2.11 bits per heavy atom. The minimum atomic E-state index is -0.263. The van der Waals surface area contributed by atoms with Gasteiger partial charge in [-0.05, 0) is 43.3 Å². The number of carbonyl (C=O) groups is 1. The van der Waals surface area contributed by atoms with Gasteiger partial charge in [0.25, 0.3) is 5.91 Å². The number of aryl methyl sites for hydroxylation is 2. The van der Waals surface area contributed by atoms with Crippen molar-refractivity contribution in [1.82, 2.24) is 14.8 Å². The van der Waals surface area contributed by atoms with E-state index in [1.165, 1.54) is 0 Å². The van der Waals surface area contributed by atoms with Crippen LogP contribution in [0.5, 0.6) is 0 Å². The monoisotopic (exact) mass is 356 g/mol. The summed E-state index contributed by atoms with van der Waals surface area (Å²) in [6.07, 6.45) is 7.01. The molecule has 6 nitrogen and oxygen atoms in total. The maximum absolute atomic E-state index is 13.1. The lowest BCUT2D eigenvalue weighted by Crippen LogP contribution is -2.13. The van der Waals surface area contributed by atoms with E-state index >= 15 is 0 Å². The van der Waals surface area contributed by atoms with Crippen molar-refractivity contribution in [1.29, 1.82) is 0 Å². The third-order valence-corrected chi connectivity index (χ3v) is 4.27. The van der Waals surface area contributed by atoms with Crippen molar-refractivity contribution in [2.75, 3.05) is 5.32 Å². The highest BCUT2D eigenvalue weighted by Gasteiger charge is 2.20. The Kier molecular flexibility index (Phi) is 3.98. The van der Waals surface area contributed by atoms with Gasteiger partial charge in [0, 0.05) is 18.3 Å². The molecule has 0 aliphatic carbocycles. The first-order valence-electron chi connectivity index (χ1n) is 8.33. The van der Waals surface area contributed by atoms with E-state index in [0.717, 1.165) is 5.69 Å². The van der Waals surface area contributed by atoms with Gasteiger partial charge in [0.2, 0.25) is 0 Å². The first-order chi connectivity index (χ1) is 13.1. The Morgan fingerprint density at radius 1 is 1.26 bits per heavy atom. The Hall–Kier alpha value is -3.85. The number of amides is 1. The maximum atomic E-state index is 13.1. The van der Waals surface area contributed by atoms with E-state index in [4.69, 9.17) is 10.8 Å². The van der Waals surface area contributed by atoms with Crippen molar-refractivity contribution >= 4 is 22.6 Å². The number of pyridine rings is 1. The highest BCUT2D eigenvalue weighted by atomic mass is 16.3. The molecule has 6 heteroatoms. The molecule has 0 fully saturated rings. The summed E-state index contributed by atoms with van der Waals surface area (Å²) in [7, 11) is 1.80. The molecule has 1 amide bonds. The van der Waals surface area contributed by atoms with Crippen LogP contribution in [0.15, 0.2) is 53.1 Å². The standard InChI is InChI=1S/C21H16N4O2/c1-4-14-7-5-8-15(11-14)22-21(26)16-12-17(18-9-6-10-27-18)23-20-19(16)13(2)24-25(20)3/h1,5-12H,2-3H3,(H,22,26). The van der Waals surface area contributed by atoms with Crippen LogP contribution in [0.4, 0.5) is 5.69 Å². The van der Waals surface area contributed by atoms with Gasteiger partial charge >= 0.3 is 0 Å². The Bertz CT molecular complexity index is 1200. The molecule has 132 valence electrons. The minimum absolute atomic E-state index is 0.263. The summed E-state index contributed by atoms with van der Waals surface area (Å²) < 4.78 is 7.11. The first kappa shape index (κ1) is 16.6. The van der Waals surface area contributed by atoms with E-state index in [9.17, 15) is 4.79 Å². The van der Waals surface area contributed by atoms with Crippen LogP contribution in [-0.4, -0.2) is 20.7 Å². The van der Waals surface area contributed by atoms with E-state index in [-0.39, 0.29) is 5.91 Å². The molecule has 27 heavy (non-hydrogen) atoms. The molecule has 0 atom stereocenters. The number of furan rings is 1. The highest BCUT2D eigenvalue weighted by molar-refractivity contribution is 6.13. The topological polar surface area (TPSA) is 73.0 Å². The lowest BCUT2D eigenvalue weighted by atomic mass is 10.1. The molecule has 0 radical (unpaired) electrons. The van der Waals surface area contributed by atoms with Crippen LogP contribution in [0.1, 0.15) is 21.6 Å². The molecule has 0 aliphatic heterocycles. The van der Waals surface area contributed by atoms with Crippen molar-refractivity contribution < 1.29 is 9.21 Å². The molecule has 0 unspecified atom stereocenters. The van der Waals surface area contributed by atoms with Gasteiger partial charge in [0.1, 0.15) is 5.69 Å². The number of aromatic nitrogens is 3. The number of hydrogen-bond acceptors (Lipinski definition) is 4. The van der Waals surface area contributed by atoms with Crippen molar-refractivity contribution in [3.05, 3.63) is 65.5 Å². The largest absolute Gasteiger partial charge is 0.463 e. The Balaban J connectivity index is 1.84. The molecule has 3 heterocycles. The van der Waals surface area contributed by atoms with Crippen molar-refractivity contribution in [2.45, 2.75) is 6.92 Å².